The molecule has 0 radical (unpaired) electrons. The van der Waals surface area contributed by atoms with E-state index in [1.807, 2.05) is 25.7 Å². The number of amides is 1. The Balaban J connectivity index is 0.00000289. The van der Waals surface area contributed by atoms with E-state index in [9.17, 15) is 4.79 Å². The van der Waals surface area contributed by atoms with Gasteiger partial charge in [0.05, 0.1) is 6.04 Å². The van der Waals surface area contributed by atoms with Crippen molar-refractivity contribution in [3.63, 3.8) is 0 Å². The maximum absolute atomic E-state index is 12.1. The molecular formula is C13H27ClN2O2. The summed E-state index contributed by atoms with van der Waals surface area (Å²) in [6, 6.07) is 0.186. The van der Waals surface area contributed by atoms with Gasteiger partial charge in [0.15, 0.2) is 0 Å². The van der Waals surface area contributed by atoms with Crippen LogP contribution in [0.15, 0.2) is 0 Å². The molecule has 0 bridgehead atoms. The maximum atomic E-state index is 12.1. The topological polar surface area (TPSA) is 41.6 Å². The van der Waals surface area contributed by atoms with E-state index in [-0.39, 0.29) is 30.0 Å². The lowest BCUT2D eigenvalue weighted by Gasteiger charge is -2.43. The van der Waals surface area contributed by atoms with Gasteiger partial charge in [0.25, 0.3) is 0 Å². The summed E-state index contributed by atoms with van der Waals surface area (Å²) in [5, 5.41) is 3.34. The Hall–Kier alpha value is -0.480. The van der Waals surface area contributed by atoms with Crippen LogP contribution in [0.4, 0.5) is 4.79 Å². The molecule has 18 heavy (non-hydrogen) atoms. The van der Waals surface area contributed by atoms with Crippen molar-refractivity contribution in [3.05, 3.63) is 0 Å². The number of nitrogens with one attached hydrogen (secondary N) is 1. The number of rotatable bonds is 0. The molecule has 0 aliphatic carbocycles. The summed E-state index contributed by atoms with van der Waals surface area (Å²) in [5.41, 5.74) is -0.366. The number of piperazine rings is 1. The zero-order valence-corrected chi connectivity index (χ0v) is 13.2. The van der Waals surface area contributed by atoms with Crippen LogP contribution < -0.4 is 5.32 Å². The molecule has 108 valence electrons. The minimum atomic E-state index is -0.426. The molecule has 0 aromatic rings. The van der Waals surface area contributed by atoms with E-state index in [0.29, 0.717) is 0 Å². The molecular weight excluding hydrogens is 252 g/mol. The van der Waals surface area contributed by atoms with Gasteiger partial charge in [-0.25, -0.2) is 4.79 Å². The third kappa shape index (κ3) is 5.02. The molecule has 4 nitrogen and oxygen atoms in total. The van der Waals surface area contributed by atoms with E-state index in [0.717, 1.165) is 19.6 Å². The number of ether oxygens (including phenoxy) is 1. The molecule has 5 heteroatoms. The second-order valence-electron chi connectivity index (χ2n) is 6.76. The first kappa shape index (κ1) is 17.5. The first-order chi connectivity index (χ1) is 7.61. The van der Waals surface area contributed by atoms with E-state index in [4.69, 9.17) is 4.74 Å². The highest BCUT2D eigenvalue weighted by Crippen LogP contribution is 2.26. The molecule has 1 fully saturated rings. The van der Waals surface area contributed by atoms with E-state index < -0.39 is 5.60 Å². The van der Waals surface area contributed by atoms with Crippen LogP contribution in [0.1, 0.15) is 41.5 Å². The molecule has 1 aliphatic heterocycles. The quantitative estimate of drug-likeness (QED) is 0.741. The van der Waals surface area contributed by atoms with Crippen LogP contribution in [0.2, 0.25) is 0 Å². The highest BCUT2D eigenvalue weighted by atomic mass is 35.5. The average Bonchev–Trinajstić information content (AvgIpc) is 2.13. The van der Waals surface area contributed by atoms with Gasteiger partial charge in [-0.15, -0.1) is 12.4 Å². The van der Waals surface area contributed by atoms with Crippen molar-refractivity contribution in [1.29, 1.82) is 0 Å². The summed E-state index contributed by atoms with van der Waals surface area (Å²) in [6.45, 7) is 14.6. The predicted octanol–water partition coefficient (Wildman–Crippen LogP) is 2.66. The second-order valence-corrected chi connectivity index (χ2v) is 6.76. The Bertz CT molecular complexity index is 282. The van der Waals surface area contributed by atoms with Crippen LogP contribution in [0.3, 0.4) is 0 Å². The van der Waals surface area contributed by atoms with Crippen molar-refractivity contribution >= 4 is 18.5 Å². The lowest BCUT2D eigenvalue weighted by Crippen LogP contribution is -2.59. The van der Waals surface area contributed by atoms with Crippen LogP contribution in [-0.4, -0.2) is 42.3 Å². The average molecular weight is 279 g/mol. The molecule has 0 aromatic carbocycles. The van der Waals surface area contributed by atoms with Crippen molar-refractivity contribution in [3.8, 4) is 0 Å². The van der Waals surface area contributed by atoms with Crippen LogP contribution in [-0.2, 0) is 4.74 Å². The third-order valence-electron chi connectivity index (χ3n) is 2.87. The fraction of sp³-hybridized carbons (Fsp3) is 0.923. The normalized spacial score (nSPS) is 21.2. The number of nitrogens with zero attached hydrogens (tertiary/aromatic N) is 1. The molecule has 0 saturated carbocycles. The number of carbonyl (C=O) groups excluding carboxylic acids is 1. The summed E-state index contributed by atoms with van der Waals surface area (Å²) in [6.07, 6.45) is -0.195. The highest BCUT2D eigenvalue weighted by molar-refractivity contribution is 5.85. The van der Waals surface area contributed by atoms with Gasteiger partial charge < -0.3 is 15.0 Å². The number of halogens is 1. The van der Waals surface area contributed by atoms with Crippen LogP contribution >= 0.6 is 12.4 Å². The zero-order valence-electron chi connectivity index (χ0n) is 12.4. The maximum Gasteiger partial charge on any atom is 0.410 e. The minimum Gasteiger partial charge on any atom is -0.444 e. The van der Waals surface area contributed by atoms with Gasteiger partial charge in [0.2, 0.25) is 0 Å². The van der Waals surface area contributed by atoms with Gasteiger partial charge in [0, 0.05) is 19.6 Å². The molecule has 1 saturated heterocycles. The Kier molecular flexibility index (Phi) is 5.95. The van der Waals surface area contributed by atoms with E-state index in [2.05, 4.69) is 26.1 Å². The van der Waals surface area contributed by atoms with Gasteiger partial charge in [-0.05, 0) is 26.2 Å². The molecule has 1 heterocycles. The summed E-state index contributed by atoms with van der Waals surface area (Å²) >= 11 is 0. The van der Waals surface area contributed by atoms with Crippen molar-refractivity contribution in [2.24, 2.45) is 5.41 Å². The minimum absolute atomic E-state index is 0. The van der Waals surface area contributed by atoms with Crippen molar-refractivity contribution < 1.29 is 9.53 Å². The fourth-order valence-corrected chi connectivity index (χ4v) is 2.02. The van der Waals surface area contributed by atoms with Crippen LogP contribution in [0.25, 0.3) is 0 Å². The molecule has 1 rings (SSSR count). The largest absolute Gasteiger partial charge is 0.444 e. The van der Waals surface area contributed by atoms with Gasteiger partial charge >= 0.3 is 6.09 Å². The Morgan fingerprint density at radius 3 is 2.22 bits per heavy atom. The first-order valence-electron chi connectivity index (χ1n) is 6.31. The van der Waals surface area contributed by atoms with Crippen LogP contribution in [0.5, 0.6) is 0 Å². The summed E-state index contributed by atoms with van der Waals surface area (Å²) in [4.78, 5) is 14.0. The molecule has 1 atom stereocenters. The van der Waals surface area contributed by atoms with Crippen molar-refractivity contribution in [1.82, 2.24) is 10.2 Å². The number of carbonyl (C=O) groups is 1. The Morgan fingerprint density at radius 1 is 1.22 bits per heavy atom. The van der Waals surface area contributed by atoms with Crippen LogP contribution in [0, 0.1) is 5.41 Å². The zero-order chi connectivity index (χ0) is 13.3. The predicted molar refractivity (Wildman–Crippen MR) is 76.3 cm³/mol. The summed E-state index contributed by atoms with van der Waals surface area (Å²) in [7, 11) is 0. The number of hydrogen-bond donors (Lipinski definition) is 1. The van der Waals surface area contributed by atoms with Gasteiger partial charge in [0.1, 0.15) is 5.60 Å². The Morgan fingerprint density at radius 2 is 1.78 bits per heavy atom. The first-order valence-corrected chi connectivity index (χ1v) is 6.31. The SMILES string of the molecule is CC(C)(C)OC(=O)N1CCNCC1C(C)(C)C.Cl. The molecule has 0 spiro atoms. The monoisotopic (exact) mass is 278 g/mol. The molecule has 1 unspecified atom stereocenters. The lowest BCUT2D eigenvalue weighted by atomic mass is 9.85. The van der Waals surface area contributed by atoms with Gasteiger partial charge in [-0.3, -0.25) is 0 Å². The molecule has 1 aliphatic rings. The van der Waals surface area contributed by atoms with Crippen molar-refractivity contribution in [2.45, 2.75) is 53.2 Å². The third-order valence-corrected chi connectivity index (χ3v) is 2.87. The van der Waals surface area contributed by atoms with E-state index >= 15 is 0 Å². The lowest BCUT2D eigenvalue weighted by molar-refractivity contribution is -0.00361. The smallest absolute Gasteiger partial charge is 0.410 e. The summed E-state index contributed by atoms with van der Waals surface area (Å²) in [5.74, 6) is 0. The summed E-state index contributed by atoms with van der Waals surface area (Å²) < 4.78 is 5.46. The van der Waals surface area contributed by atoms with E-state index in [1.165, 1.54) is 0 Å². The standard InChI is InChI=1S/C13H26N2O2.ClH/c1-12(2,3)10-9-14-7-8-15(10)11(16)17-13(4,5)6;/h10,14H,7-9H2,1-6H3;1H. The molecule has 1 N–H and O–H groups in total. The Labute approximate surface area is 117 Å². The fourth-order valence-electron chi connectivity index (χ4n) is 2.02. The number of hydrogen-bond acceptors (Lipinski definition) is 3. The molecule has 0 aromatic heterocycles. The van der Waals surface area contributed by atoms with Crippen molar-refractivity contribution in [2.75, 3.05) is 19.6 Å². The van der Waals surface area contributed by atoms with Gasteiger partial charge in [-0.1, -0.05) is 20.8 Å². The van der Waals surface area contributed by atoms with Gasteiger partial charge in [-0.2, -0.15) is 0 Å². The highest BCUT2D eigenvalue weighted by Gasteiger charge is 2.37. The molecule has 1 amide bonds. The second kappa shape index (κ2) is 6.11. The van der Waals surface area contributed by atoms with E-state index in [1.54, 1.807) is 0 Å².